The third kappa shape index (κ3) is 1.48. The van der Waals surface area contributed by atoms with E-state index in [0.717, 1.165) is 38.3 Å². The zero-order valence-corrected chi connectivity index (χ0v) is 8.83. The first-order valence-electron chi connectivity index (χ1n) is 5.70. The molecule has 15 heavy (non-hydrogen) atoms. The molecule has 3 rings (SSSR count). The Hall–Kier alpha value is -0.870. The summed E-state index contributed by atoms with van der Waals surface area (Å²) in [6, 6.07) is 0. The number of ether oxygens (including phenoxy) is 1. The van der Waals surface area contributed by atoms with Gasteiger partial charge in [-0.05, 0) is 25.7 Å². The number of aromatic amines is 1. The molecular weight excluding hydrogens is 190 g/mol. The second-order valence-electron chi connectivity index (χ2n) is 4.76. The molecule has 0 amide bonds. The highest BCUT2D eigenvalue weighted by molar-refractivity contribution is 5.16. The molecule has 0 aromatic carbocycles. The Morgan fingerprint density at radius 2 is 2.40 bits per heavy atom. The molecule has 1 aliphatic carbocycles. The number of nitrogens with zero attached hydrogens (tertiary/aromatic N) is 1. The molecule has 1 saturated heterocycles. The van der Waals surface area contributed by atoms with Crippen molar-refractivity contribution < 1.29 is 4.74 Å². The lowest BCUT2D eigenvalue weighted by molar-refractivity contribution is 0.193. The number of H-pyrrole nitrogens is 1. The van der Waals surface area contributed by atoms with Gasteiger partial charge in [0.2, 0.25) is 0 Å². The molecule has 1 aliphatic heterocycles. The molecule has 0 spiro atoms. The smallest absolute Gasteiger partial charge is 0.126 e. The van der Waals surface area contributed by atoms with E-state index in [9.17, 15) is 0 Å². The van der Waals surface area contributed by atoms with Crippen LogP contribution in [0.4, 0.5) is 0 Å². The molecule has 1 atom stereocenters. The van der Waals surface area contributed by atoms with Gasteiger partial charge in [0.25, 0.3) is 0 Å². The van der Waals surface area contributed by atoms with Crippen molar-refractivity contribution in [1.82, 2.24) is 9.97 Å². The number of imidazole rings is 1. The van der Waals surface area contributed by atoms with Gasteiger partial charge in [-0.1, -0.05) is 0 Å². The third-order valence-corrected chi connectivity index (χ3v) is 3.68. The quantitative estimate of drug-likeness (QED) is 0.767. The van der Waals surface area contributed by atoms with Gasteiger partial charge in [0.1, 0.15) is 5.82 Å². The largest absolute Gasteiger partial charge is 0.381 e. The Labute approximate surface area is 89.2 Å². The zero-order chi connectivity index (χ0) is 10.3. The first-order valence-corrected chi connectivity index (χ1v) is 5.70. The molecule has 1 aromatic heterocycles. The minimum Gasteiger partial charge on any atom is -0.381 e. The van der Waals surface area contributed by atoms with E-state index >= 15 is 0 Å². The first-order chi connectivity index (χ1) is 7.28. The fourth-order valence-electron chi connectivity index (χ4n) is 2.37. The summed E-state index contributed by atoms with van der Waals surface area (Å²) in [5.74, 6) is 1.46. The second kappa shape index (κ2) is 3.32. The maximum atomic E-state index is 6.21. The van der Waals surface area contributed by atoms with Gasteiger partial charge in [-0.25, -0.2) is 4.98 Å². The van der Waals surface area contributed by atoms with Gasteiger partial charge in [-0.15, -0.1) is 0 Å². The van der Waals surface area contributed by atoms with Crippen LogP contribution in [-0.4, -0.2) is 23.2 Å². The van der Waals surface area contributed by atoms with E-state index in [0.29, 0.717) is 5.92 Å². The molecule has 1 saturated carbocycles. The van der Waals surface area contributed by atoms with Crippen LogP contribution in [0.5, 0.6) is 0 Å². The molecule has 4 nitrogen and oxygen atoms in total. The molecular formula is C11H17N3O. The molecule has 2 aliphatic rings. The molecule has 1 aromatic rings. The minimum absolute atomic E-state index is 0.169. The molecule has 3 N–H and O–H groups in total. The summed E-state index contributed by atoms with van der Waals surface area (Å²) in [5, 5.41) is 0. The highest BCUT2D eigenvalue weighted by atomic mass is 16.5. The van der Waals surface area contributed by atoms with Crippen LogP contribution in [0.2, 0.25) is 0 Å². The number of nitrogens with one attached hydrogen (secondary N) is 1. The van der Waals surface area contributed by atoms with Crippen molar-refractivity contribution in [1.29, 1.82) is 0 Å². The summed E-state index contributed by atoms with van der Waals surface area (Å²) in [5.41, 5.74) is 7.24. The third-order valence-electron chi connectivity index (χ3n) is 3.68. The van der Waals surface area contributed by atoms with Crippen LogP contribution in [0.1, 0.15) is 43.1 Å². The summed E-state index contributed by atoms with van der Waals surface area (Å²) >= 11 is 0. The predicted molar refractivity (Wildman–Crippen MR) is 56.5 cm³/mol. The Balaban J connectivity index is 1.80. The highest BCUT2D eigenvalue weighted by Crippen LogP contribution is 2.37. The van der Waals surface area contributed by atoms with Crippen molar-refractivity contribution >= 4 is 0 Å². The lowest BCUT2D eigenvalue weighted by Crippen LogP contribution is -2.44. The number of nitrogens with two attached hydrogens (primary N) is 1. The van der Waals surface area contributed by atoms with Crippen LogP contribution in [0.15, 0.2) is 6.20 Å². The Morgan fingerprint density at radius 1 is 1.53 bits per heavy atom. The average Bonchev–Trinajstić information content (AvgIpc) is 2.84. The van der Waals surface area contributed by atoms with Gasteiger partial charge in [0.15, 0.2) is 0 Å². The van der Waals surface area contributed by atoms with Gasteiger partial charge in [-0.2, -0.15) is 0 Å². The second-order valence-corrected chi connectivity index (χ2v) is 4.76. The SMILES string of the molecule is NC1(c2ncc(C3CCOC3)[nH]2)CCC1. The van der Waals surface area contributed by atoms with Crippen LogP contribution in [0.25, 0.3) is 0 Å². The van der Waals surface area contributed by atoms with E-state index in [-0.39, 0.29) is 5.54 Å². The average molecular weight is 207 g/mol. The van der Waals surface area contributed by atoms with Gasteiger partial charge in [-0.3, -0.25) is 0 Å². The topological polar surface area (TPSA) is 63.9 Å². The Morgan fingerprint density at radius 3 is 3.00 bits per heavy atom. The van der Waals surface area contributed by atoms with E-state index in [1.165, 1.54) is 12.1 Å². The number of aromatic nitrogens is 2. The minimum atomic E-state index is -0.169. The van der Waals surface area contributed by atoms with Crippen molar-refractivity contribution in [3.8, 4) is 0 Å². The fourth-order valence-corrected chi connectivity index (χ4v) is 2.37. The maximum Gasteiger partial charge on any atom is 0.126 e. The van der Waals surface area contributed by atoms with E-state index in [2.05, 4.69) is 9.97 Å². The number of hydrogen-bond donors (Lipinski definition) is 2. The van der Waals surface area contributed by atoms with Gasteiger partial charge in [0.05, 0.1) is 12.1 Å². The Kier molecular flexibility index (Phi) is 2.07. The number of rotatable bonds is 2. The molecule has 2 heterocycles. The van der Waals surface area contributed by atoms with Crippen LogP contribution in [-0.2, 0) is 10.3 Å². The van der Waals surface area contributed by atoms with Gasteiger partial charge < -0.3 is 15.5 Å². The molecule has 0 radical (unpaired) electrons. The summed E-state index contributed by atoms with van der Waals surface area (Å²) in [6.07, 6.45) is 6.36. The van der Waals surface area contributed by atoms with E-state index < -0.39 is 0 Å². The van der Waals surface area contributed by atoms with Crippen LogP contribution in [0, 0.1) is 0 Å². The summed E-state index contributed by atoms with van der Waals surface area (Å²) in [4.78, 5) is 7.80. The van der Waals surface area contributed by atoms with Crippen molar-refractivity contribution in [2.24, 2.45) is 5.73 Å². The van der Waals surface area contributed by atoms with Crippen molar-refractivity contribution in [2.45, 2.75) is 37.1 Å². The fraction of sp³-hybridized carbons (Fsp3) is 0.727. The van der Waals surface area contributed by atoms with E-state index in [4.69, 9.17) is 10.5 Å². The monoisotopic (exact) mass is 207 g/mol. The van der Waals surface area contributed by atoms with Crippen LogP contribution in [0.3, 0.4) is 0 Å². The van der Waals surface area contributed by atoms with E-state index in [1.807, 2.05) is 6.20 Å². The predicted octanol–water partition coefficient (Wildman–Crippen LogP) is 1.25. The van der Waals surface area contributed by atoms with Crippen molar-refractivity contribution in [3.63, 3.8) is 0 Å². The van der Waals surface area contributed by atoms with Gasteiger partial charge in [0, 0.05) is 24.4 Å². The first kappa shape index (κ1) is 9.36. The lowest BCUT2D eigenvalue weighted by atomic mass is 9.77. The number of hydrogen-bond acceptors (Lipinski definition) is 3. The van der Waals surface area contributed by atoms with Crippen LogP contribution >= 0.6 is 0 Å². The summed E-state index contributed by atoms with van der Waals surface area (Å²) < 4.78 is 5.37. The summed E-state index contributed by atoms with van der Waals surface area (Å²) in [6.45, 7) is 1.69. The zero-order valence-electron chi connectivity index (χ0n) is 8.83. The maximum absolute atomic E-state index is 6.21. The normalized spacial score (nSPS) is 29.0. The lowest BCUT2D eigenvalue weighted by Gasteiger charge is -2.36. The van der Waals surface area contributed by atoms with Crippen LogP contribution < -0.4 is 5.73 Å². The molecule has 2 fully saturated rings. The molecule has 1 unspecified atom stereocenters. The Bertz CT molecular complexity index is 350. The molecule has 82 valence electrons. The van der Waals surface area contributed by atoms with Gasteiger partial charge >= 0.3 is 0 Å². The summed E-state index contributed by atoms with van der Waals surface area (Å²) in [7, 11) is 0. The standard InChI is InChI=1S/C11H17N3O/c12-11(3-1-4-11)10-13-6-9(14-10)8-2-5-15-7-8/h6,8H,1-5,7,12H2,(H,13,14). The molecule has 0 bridgehead atoms. The van der Waals surface area contributed by atoms with Crippen molar-refractivity contribution in [3.05, 3.63) is 17.7 Å². The molecule has 4 heteroatoms. The highest BCUT2D eigenvalue weighted by Gasteiger charge is 2.37. The van der Waals surface area contributed by atoms with Crippen molar-refractivity contribution in [2.75, 3.05) is 13.2 Å². The van der Waals surface area contributed by atoms with E-state index in [1.54, 1.807) is 0 Å².